The van der Waals surface area contributed by atoms with E-state index in [1.165, 1.54) is 17.7 Å². The van der Waals surface area contributed by atoms with Crippen molar-refractivity contribution in [3.8, 4) is 5.75 Å². The highest BCUT2D eigenvalue weighted by Crippen LogP contribution is 2.27. The highest BCUT2D eigenvalue weighted by atomic mass is 35.5. The molecule has 1 aromatic heterocycles. The van der Waals surface area contributed by atoms with Gasteiger partial charge in [0, 0.05) is 16.9 Å². The maximum atomic E-state index is 13.2. The lowest BCUT2D eigenvalue weighted by atomic mass is 9.87. The van der Waals surface area contributed by atoms with Crippen LogP contribution in [0.3, 0.4) is 0 Å². The van der Waals surface area contributed by atoms with Crippen LogP contribution in [0.5, 0.6) is 5.75 Å². The summed E-state index contributed by atoms with van der Waals surface area (Å²) in [6, 6.07) is 15.7. The summed E-state index contributed by atoms with van der Waals surface area (Å²) < 4.78 is 7.77. The Morgan fingerprint density at radius 2 is 1.75 bits per heavy atom. The van der Waals surface area contributed by atoms with Crippen LogP contribution in [0.1, 0.15) is 37.6 Å². The molecule has 36 heavy (non-hydrogen) atoms. The van der Waals surface area contributed by atoms with Crippen molar-refractivity contribution in [3.05, 3.63) is 88.2 Å². The Labute approximate surface area is 215 Å². The smallest absolute Gasteiger partial charge is 0.335 e. The largest absolute Gasteiger partial charge is 0.492 e. The topological polar surface area (TPSA) is 80.6 Å². The second-order valence-corrected chi connectivity index (χ2v) is 10.0. The maximum Gasteiger partial charge on any atom is 0.335 e. The van der Waals surface area contributed by atoms with E-state index in [0.29, 0.717) is 23.9 Å². The van der Waals surface area contributed by atoms with E-state index in [-0.39, 0.29) is 16.7 Å². The lowest BCUT2D eigenvalue weighted by Gasteiger charge is -2.26. The summed E-state index contributed by atoms with van der Waals surface area (Å²) in [5, 5.41) is 2.65. The van der Waals surface area contributed by atoms with E-state index in [9.17, 15) is 14.4 Å². The van der Waals surface area contributed by atoms with Crippen LogP contribution in [0.15, 0.2) is 66.4 Å². The van der Waals surface area contributed by atoms with Gasteiger partial charge in [-0.05, 0) is 65.9 Å². The van der Waals surface area contributed by atoms with Gasteiger partial charge in [0.1, 0.15) is 17.9 Å². The zero-order valence-corrected chi connectivity index (χ0v) is 21.4. The molecule has 1 saturated heterocycles. The Morgan fingerprint density at radius 3 is 2.42 bits per heavy atom. The van der Waals surface area contributed by atoms with Gasteiger partial charge in [0.15, 0.2) is 0 Å². The second-order valence-electron chi connectivity index (χ2n) is 9.64. The van der Waals surface area contributed by atoms with E-state index in [1.54, 1.807) is 18.2 Å². The van der Waals surface area contributed by atoms with E-state index >= 15 is 0 Å². The summed E-state index contributed by atoms with van der Waals surface area (Å²) in [6.07, 6.45) is 3.32. The Balaban J connectivity index is 1.49. The van der Waals surface area contributed by atoms with Crippen LogP contribution < -0.4 is 15.0 Å². The average molecular weight is 506 g/mol. The Kier molecular flexibility index (Phi) is 7.04. The van der Waals surface area contributed by atoms with Gasteiger partial charge >= 0.3 is 6.03 Å². The number of carbonyl (C=O) groups is 3. The van der Waals surface area contributed by atoms with E-state index in [2.05, 4.69) is 38.2 Å². The summed E-state index contributed by atoms with van der Waals surface area (Å²) in [5.74, 6) is -0.697. The van der Waals surface area contributed by atoms with Crippen LogP contribution in [-0.4, -0.2) is 29.0 Å². The molecule has 2 aromatic carbocycles. The third kappa shape index (κ3) is 5.36. The molecule has 1 fully saturated rings. The van der Waals surface area contributed by atoms with Crippen LogP contribution in [0.4, 0.5) is 10.5 Å². The molecular weight excluding hydrogens is 478 g/mol. The number of hydrogen-bond acceptors (Lipinski definition) is 4. The van der Waals surface area contributed by atoms with Crippen molar-refractivity contribution in [1.29, 1.82) is 0 Å². The molecule has 1 aliphatic rings. The highest BCUT2D eigenvalue weighted by Gasteiger charge is 2.37. The molecule has 2 heterocycles. The van der Waals surface area contributed by atoms with E-state index < -0.39 is 17.8 Å². The fourth-order valence-electron chi connectivity index (χ4n) is 3.84. The minimum Gasteiger partial charge on any atom is -0.492 e. The third-order valence-corrected chi connectivity index (χ3v) is 6.40. The maximum absolute atomic E-state index is 13.2. The number of hydrogen-bond donors (Lipinski definition) is 1. The number of carbonyl (C=O) groups excluding carboxylic acids is 3. The molecule has 1 aliphatic heterocycles. The number of aryl methyl sites for hydroxylation is 1. The first-order valence-electron chi connectivity index (χ1n) is 11.6. The van der Waals surface area contributed by atoms with Gasteiger partial charge in [-0.25, -0.2) is 9.69 Å². The predicted octanol–water partition coefficient (Wildman–Crippen LogP) is 5.49. The average Bonchev–Trinajstić information content (AvgIpc) is 3.25. The number of barbiturate groups is 1. The molecule has 0 aliphatic carbocycles. The van der Waals surface area contributed by atoms with Crippen molar-refractivity contribution < 1.29 is 19.1 Å². The number of halogens is 1. The monoisotopic (exact) mass is 505 g/mol. The van der Waals surface area contributed by atoms with Crippen molar-refractivity contribution in [1.82, 2.24) is 9.88 Å². The van der Waals surface area contributed by atoms with Gasteiger partial charge in [-0.3, -0.25) is 14.9 Å². The highest BCUT2D eigenvalue weighted by molar-refractivity contribution is 6.39. The van der Waals surface area contributed by atoms with E-state index in [4.69, 9.17) is 16.3 Å². The summed E-state index contributed by atoms with van der Waals surface area (Å²) in [6.45, 7) is 9.19. The molecule has 186 valence electrons. The molecule has 4 rings (SSSR count). The van der Waals surface area contributed by atoms with Gasteiger partial charge in [-0.15, -0.1) is 0 Å². The summed E-state index contributed by atoms with van der Waals surface area (Å²) in [4.78, 5) is 39.1. The molecule has 0 unspecified atom stereocenters. The zero-order chi connectivity index (χ0) is 26.0. The van der Waals surface area contributed by atoms with Crippen molar-refractivity contribution >= 4 is 41.2 Å². The molecule has 8 heteroatoms. The van der Waals surface area contributed by atoms with Crippen LogP contribution in [0.2, 0.25) is 5.02 Å². The van der Waals surface area contributed by atoms with Crippen molar-refractivity contribution in [3.63, 3.8) is 0 Å². The molecule has 7 nitrogen and oxygen atoms in total. The Hall–Kier alpha value is -3.84. The van der Waals surface area contributed by atoms with Gasteiger partial charge in [0.05, 0.1) is 12.2 Å². The number of rotatable bonds is 6. The molecule has 0 radical (unpaired) electrons. The molecule has 0 bridgehead atoms. The molecule has 0 saturated carbocycles. The number of anilines is 1. The first-order valence-corrected chi connectivity index (χ1v) is 12.0. The van der Waals surface area contributed by atoms with Crippen LogP contribution >= 0.6 is 11.6 Å². The van der Waals surface area contributed by atoms with Gasteiger partial charge in [-0.1, -0.05) is 50.6 Å². The van der Waals surface area contributed by atoms with Crippen LogP contribution in [0, 0.1) is 6.92 Å². The normalized spacial score (nSPS) is 15.4. The van der Waals surface area contributed by atoms with Crippen molar-refractivity contribution in [2.75, 3.05) is 11.5 Å². The molecule has 1 N–H and O–H groups in total. The first-order chi connectivity index (χ1) is 17.0. The predicted molar refractivity (Wildman–Crippen MR) is 140 cm³/mol. The van der Waals surface area contributed by atoms with Crippen molar-refractivity contribution in [2.24, 2.45) is 0 Å². The van der Waals surface area contributed by atoms with Crippen LogP contribution in [0.25, 0.3) is 6.08 Å². The van der Waals surface area contributed by atoms with Gasteiger partial charge < -0.3 is 9.30 Å². The number of aromatic nitrogens is 1. The molecule has 3 aromatic rings. The lowest BCUT2D eigenvalue weighted by molar-refractivity contribution is -0.122. The fraction of sp³-hybridized carbons (Fsp3) is 0.250. The Bertz CT molecular complexity index is 1350. The molecule has 0 atom stereocenters. The second kappa shape index (κ2) is 10.0. The quantitative estimate of drug-likeness (QED) is 0.354. The summed E-state index contributed by atoms with van der Waals surface area (Å²) in [7, 11) is 0. The SMILES string of the molecule is Cc1ccc(N2C(=O)NC(=O)/C(=C\c3cccn3CCOc3ccc(C(C)(C)C)cc3)C2=O)cc1Cl. The number of amides is 4. The fourth-order valence-corrected chi connectivity index (χ4v) is 4.01. The minimum atomic E-state index is -0.816. The van der Waals surface area contributed by atoms with Crippen LogP contribution in [-0.2, 0) is 21.5 Å². The zero-order valence-electron chi connectivity index (χ0n) is 20.7. The van der Waals surface area contributed by atoms with Crippen molar-refractivity contribution in [2.45, 2.75) is 39.7 Å². The number of nitrogens with zero attached hydrogens (tertiary/aromatic N) is 2. The summed E-state index contributed by atoms with van der Waals surface area (Å²) >= 11 is 6.18. The van der Waals surface area contributed by atoms with Gasteiger partial charge in [0.25, 0.3) is 11.8 Å². The lowest BCUT2D eigenvalue weighted by Crippen LogP contribution is -2.54. The number of urea groups is 1. The van der Waals surface area contributed by atoms with E-state index in [0.717, 1.165) is 16.2 Å². The van der Waals surface area contributed by atoms with E-state index in [1.807, 2.05) is 35.9 Å². The molecule has 4 amide bonds. The number of nitrogens with one attached hydrogen (secondary N) is 1. The third-order valence-electron chi connectivity index (χ3n) is 5.99. The van der Waals surface area contributed by atoms with Gasteiger partial charge in [-0.2, -0.15) is 0 Å². The number of benzene rings is 2. The first kappa shape index (κ1) is 25.3. The summed E-state index contributed by atoms with van der Waals surface area (Å²) in [5.41, 5.74) is 2.88. The van der Waals surface area contributed by atoms with Gasteiger partial charge in [0.2, 0.25) is 0 Å². The Morgan fingerprint density at radius 1 is 1.03 bits per heavy atom. The minimum absolute atomic E-state index is 0.0703. The standard InChI is InChI=1S/C28H28ClN3O4/c1-18-7-10-21(17-24(18)29)32-26(34)23(25(33)30-27(32)35)16-20-6-5-13-31(20)14-15-36-22-11-8-19(9-12-22)28(2,3)4/h5-13,16-17H,14-15H2,1-4H3,(H,30,33,35)/b23-16+. The number of ether oxygens (including phenoxy) is 1. The molecular formula is C28H28ClN3O4. The molecule has 0 spiro atoms. The number of imide groups is 2.